The first kappa shape index (κ1) is 12.0. The Morgan fingerprint density at radius 2 is 2.13 bits per heavy atom. The summed E-state index contributed by atoms with van der Waals surface area (Å²) in [6.45, 7) is 4.45. The van der Waals surface area contributed by atoms with Gasteiger partial charge < -0.3 is 5.11 Å². The molecule has 0 saturated carbocycles. The molecule has 1 saturated heterocycles. The second kappa shape index (κ2) is 4.18. The van der Waals surface area contributed by atoms with Crippen LogP contribution in [0.1, 0.15) is 26.7 Å². The summed E-state index contributed by atoms with van der Waals surface area (Å²) in [6, 6.07) is 0. The van der Waals surface area contributed by atoms with Gasteiger partial charge in [0.15, 0.2) is 0 Å². The number of hydrogen-bond donors (Lipinski definition) is 1. The fourth-order valence-electron chi connectivity index (χ4n) is 1.59. The molecule has 0 aromatic rings. The van der Waals surface area contributed by atoms with E-state index in [2.05, 4.69) is 0 Å². The number of nitrogens with zero attached hydrogens (tertiary/aromatic N) is 2. The monoisotopic (exact) mass is 214 g/mol. The Morgan fingerprint density at radius 1 is 1.53 bits per heavy atom. The minimum absolute atomic E-state index is 0.0578. The van der Waals surface area contributed by atoms with Crippen LogP contribution in [0.25, 0.3) is 0 Å². The second-order valence-electron chi connectivity index (χ2n) is 4.60. The molecular formula is C10H18N2O3. The molecule has 15 heavy (non-hydrogen) atoms. The van der Waals surface area contributed by atoms with Gasteiger partial charge in [-0.2, -0.15) is 0 Å². The van der Waals surface area contributed by atoms with Crippen molar-refractivity contribution in [1.29, 1.82) is 0 Å². The first-order chi connectivity index (χ1) is 6.84. The maximum absolute atomic E-state index is 11.4. The van der Waals surface area contributed by atoms with Gasteiger partial charge in [-0.25, -0.2) is 5.01 Å². The molecule has 0 aromatic carbocycles. The van der Waals surface area contributed by atoms with Crippen LogP contribution in [0.15, 0.2) is 0 Å². The lowest BCUT2D eigenvalue weighted by Gasteiger charge is -2.39. The summed E-state index contributed by atoms with van der Waals surface area (Å²) in [4.78, 5) is 22.3. The first-order valence-corrected chi connectivity index (χ1v) is 5.09. The number of amides is 1. The van der Waals surface area contributed by atoms with Crippen molar-refractivity contribution in [2.24, 2.45) is 5.41 Å². The highest BCUT2D eigenvalue weighted by atomic mass is 16.4. The van der Waals surface area contributed by atoms with E-state index in [9.17, 15) is 9.59 Å². The average Bonchev–Trinajstić information content (AvgIpc) is 2.12. The van der Waals surface area contributed by atoms with Gasteiger partial charge in [0.25, 0.3) is 0 Å². The van der Waals surface area contributed by atoms with E-state index >= 15 is 0 Å². The van der Waals surface area contributed by atoms with Gasteiger partial charge in [-0.3, -0.25) is 14.6 Å². The number of aliphatic carboxylic acids is 1. The normalized spacial score (nSPS) is 19.4. The van der Waals surface area contributed by atoms with Crippen molar-refractivity contribution in [1.82, 2.24) is 10.0 Å². The lowest BCUT2D eigenvalue weighted by atomic mass is 9.93. The molecule has 1 rings (SSSR count). The van der Waals surface area contributed by atoms with E-state index in [1.165, 1.54) is 5.01 Å². The highest BCUT2D eigenvalue weighted by molar-refractivity contribution is 5.76. The molecule has 86 valence electrons. The standard InChI is InChI=1S/C10H18N2O3/c1-10(2,9(14)15)7-12-6-4-5-8(13)11(12)3/h4-7H2,1-3H3,(H,14,15). The second-order valence-corrected chi connectivity index (χ2v) is 4.60. The molecule has 0 spiro atoms. The van der Waals surface area contributed by atoms with Gasteiger partial charge in [-0.1, -0.05) is 0 Å². The molecule has 1 N–H and O–H groups in total. The van der Waals surface area contributed by atoms with Crippen molar-refractivity contribution in [2.75, 3.05) is 20.1 Å². The van der Waals surface area contributed by atoms with Gasteiger partial charge in [-0.15, -0.1) is 0 Å². The quantitative estimate of drug-likeness (QED) is 0.746. The fraction of sp³-hybridized carbons (Fsp3) is 0.800. The SMILES string of the molecule is CN1C(=O)CCCN1CC(C)(C)C(=O)O. The molecule has 0 unspecified atom stereocenters. The Hall–Kier alpha value is -1.10. The van der Waals surface area contributed by atoms with E-state index in [-0.39, 0.29) is 5.91 Å². The third-order valence-corrected chi connectivity index (χ3v) is 2.75. The van der Waals surface area contributed by atoms with Crippen LogP contribution in [0, 0.1) is 5.41 Å². The summed E-state index contributed by atoms with van der Waals surface area (Å²) in [6.07, 6.45) is 1.36. The third kappa shape index (κ3) is 2.68. The number of carbonyl (C=O) groups excluding carboxylic acids is 1. The number of hydrazine groups is 1. The first-order valence-electron chi connectivity index (χ1n) is 5.09. The Labute approximate surface area is 89.6 Å². The van der Waals surface area contributed by atoms with Crippen LogP contribution in [0.2, 0.25) is 0 Å². The summed E-state index contributed by atoms with van der Waals surface area (Å²) in [7, 11) is 1.69. The zero-order valence-corrected chi connectivity index (χ0v) is 9.49. The number of hydrogen-bond acceptors (Lipinski definition) is 3. The lowest BCUT2D eigenvalue weighted by Crippen LogP contribution is -2.52. The van der Waals surface area contributed by atoms with E-state index < -0.39 is 11.4 Å². The van der Waals surface area contributed by atoms with Gasteiger partial charge in [0.05, 0.1) is 5.41 Å². The van der Waals surface area contributed by atoms with Gasteiger partial charge in [0.2, 0.25) is 5.91 Å². The van der Waals surface area contributed by atoms with Crippen molar-refractivity contribution in [3.63, 3.8) is 0 Å². The summed E-state index contributed by atoms with van der Waals surface area (Å²) in [5.74, 6) is -0.781. The van der Waals surface area contributed by atoms with E-state index in [4.69, 9.17) is 5.11 Å². The summed E-state index contributed by atoms with van der Waals surface area (Å²) in [5, 5.41) is 12.3. The largest absolute Gasteiger partial charge is 0.481 e. The van der Waals surface area contributed by atoms with Crippen LogP contribution in [0.3, 0.4) is 0 Å². The van der Waals surface area contributed by atoms with Crippen molar-refractivity contribution < 1.29 is 14.7 Å². The molecule has 0 atom stereocenters. The Kier molecular flexibility index (Phi) is 3.34. The number of carboxylic acid groups (broad SMARTS) is 1. The van der Waals surface area contributed by atoms with Crippen LogP contribution in [0.4, 0.5) is 0 Å². The van der Waals surface area contributed by atoms with E-state index in [1.54, 1.807) is 25.9 Å². The van der Waals surface area contributed by atoms with Crippen LogP contribution in [-0.2, 0) is 9.59 Å². The smallest absolute Gasteiger partial charge is 0.310 e. The maximum atomic E-state index is 11.4. The summed E-state index contributed by atoms with van der Waals surface area (Å²) in [5.41, 5.74) is -0.828. The molecule has 0 aromatic heterocycles. The van der Waals surface area contributed by atoms with E-state index in [0.29, 0.717) is 13.0 Å². The Balaban J connectivity index is 2.65. The predicted octanol–water partition coefficient (Wildman–Crippen LogP) is 0.566. The Morgan fingerprint density at radius 3 is 2.67 bits per heavy atom. The van der Waals surface area contributed by atoms with Crippen LogP contribution in [-0.4, -0.2) is 47.1 Å². The molecule has 0 aliphatic carbocycles. The van der Waals surface area contributed by atoms with Crippen LogP contribution < -0.4 is 0 Å². The zero-order chi connectivity index (χ0) is 11.6. The van der Waals surface area contributed by atoms with Gasteiger partial charge >= 0.3 is 5.97 Å². The van der Waals surface area contributed by atoms with Crippen molar-refractivity contribution in [3.05, 3.63) is 0 Å². The van der Waals surface area contributed by atoms with Crippen LogP contribution >= 0.6 is 0 Å². The summed E-state index contributed by atoms with van der Waals surface area (Å²) < 4.78 is 0. The molecular weight excluding hydrogens is 196 g/mol. The fourth-order valence-corrected chi connectivity index (χ4v) is 1.59. The molecule has 5 heteroatoms. The van der Waals surface area contributed by atoms with E-state index in [1.807, 2.05) is 0 Å². The predicted molar refractivity (Wildman–Crippen MR) is 55.0 cm³/mol. The third-order valence-electron chi connectivity index (χ3n) is 2.75. The number of carboxylic acids is 1. The molecule has 0 radical (unpaired) electrons. The average molecular weight is 214 g/mol. The number of rotatable bonds is 3. The molecule has 5 nitrogen and oxygen atoms in total. The Bertz CT molecular complexity index is 276. The molecule has 1 aliphatic heterocycles. The zero-order valence-electron chi connectivity index (χ0n) is 9.49. The number of carbonyl (C=O) groups is 2. The minimum Gasteiger partial charge on any atom is -0.481 e. The van der Waals surface area contributed by atoms with Crippen LogP contribution in [0.5, 0.6) is 0 Å². The molecule has 1 fully saturated rings. The highest BCUT2D eigenvalue weighted by Crippen LogP contribution is 2.20. The summed E-state index contributed by atoms with van der Waals surface area (Å²) >= 11 is 0. The molecule has 1 amide bonds. The topological polar surface area (TPSA) is 60.9 Å². The van der Waals surface area contributed by atoms with Gasteiger partial charge in [0, 0.05) is 26.6 Å². The molecule has 1 heterocycles. The van der Waals surface area contributed by atoms with Crippen molar-refractivity contribution >= 4 is 11.9 Å². The minimum atomic E-state index is -0.839. The lowest BCUT2D eigenvalue weighted by molar-refractivity contribution is -0.162. The van der Waals surface area contributed by atoms with Gasteiger partial charge in [0.1, 0.15) is 0 Å². The van der Waals surface area contributed by atoms with Crippen molar-refractivity contribution in [3.8, 4) is 0 Å². The van der Waals surface area contributed by atoms with Crippen molar-refractivity contribution in [2.45, 2.75) is 26.7 Å². The highest BCUT2D eigenvalue weighted by Gasteiger charge is 2.33. The molecule has 0 bridgehead atoms. The van der Waals surface area contributed by atoms with E-state index in [0.717, 1.165) is 13.0 Å². The van der Waals surface area contributed by atoms with Gasteiger partial charge in [-0.05, 0) is 20.3 Å². The molecule has 1 aliphatic rings. The maximum Gasteiger partial charge on any atom is 0.310 e.